The molecule has 0 fully saturated rings. The van der Waals surface area contributed by atoms with Gasteiger partial charge in [0, 0.05) is 0 Å². The molecule has 0 aliphatic carbocycles. The van der Waals surface area contributed by atoms with Crippen LogP contribution in [0.2, 0.25) is 0 Å². The Morgan fingerprint density at radius 1 is 0.319 bits per heavy atom. The zero-order chi connectivity index (χ0) is 47.8. The van der Waals surface area contributed by atoms with Crippen molar-refractivity contribution in [1.29, 1.82) is 0 Å². The Morgan fingerprint density at radius 3 is 0.942 bits per heavy atom. The summed E-state index contributed by atoms with van der Waals surface area (Å²) in [6.07, 6.45) is 0. The quantitative estimate of drug-likeness (QED) is 0.160. The first kappa shape index (κ1) is 42.9. The molecule has 0 amide bonds. The molecule has 7 aromatic carbocycles. The van der Waals surface area contributed by atoms with Gasteiger partial charge in [0.1, 0.15) is 0 Å². The van der Waals surface area contributed by atoms with Gasteiger partial charge in [0.05, 0.1) is 0 Å². The molecule has 0 atom stereocenters. The third-order valence-electron chi connectivity index (χ3n) is 15.7. The Kier molecular flexibility index (Phi) is 8.86. The van der Waals surface area contributed by atoms with Gasteiger partial charge in [-0.15, -0.1) is 0 Å². The van der Waals surface area contributed by atoms with E-state index in [4.69, 9.17) is 0 Å². The number of anilines is 12. The molecule has 5 aliphatic heterocycles. The second-order valence-electron chi connectivity index (χ2n) is 24.3. The van der Waals surface area contributed by atoms with Crippen LogP contribution in [0.4, 0.5) is 68.2 Å². The second kappa shape index (κ2) is 14.2. The van der Waals surface area contributed by atoms with Gasteiger partial charge in [0.15, 0.2) is 0 Å². The van der Waals surface area contributed by atoms with E-state index in [1.54, 1.807) is 8.67 Å². The topological polar surface area (TPSA) is 13.0 Å². The van der Waals surface area contributed by atoms with Gasteiger partial charge in [-0.2, -0.15) is 0 Å². The molecule has 4 nitrogen and oxygen atoms in total. The first-order valence-corrected chi connectivity index (χ1v) is 26.7. The van der Waals surface area contributed by atoms with E-state index in [9.17, 15) is 0 Å². The molecule has 6 heterocycles. The molecule has 0 spiro atoms. The summed E-state index contributed by atoms with van der Waals surface area (Å²) >= 11 is 0.0236. The van der Waals surface area contributed by atoms with Crippen LogP contribution >= 0.6 is 0 Å². The molecule has 1 aromatic heterocycles. The summed E-state index contributed by atoms with van der Waals surface area (Å²) in [5, 5.41) is 0. The van der Waals surface area contributed by atoms with Crippen LogP contribution < -0.4 is 50.1 Å². The van der Waals surface area contributed by atoms with Crippen LogP contribution in [0.3, 0.4) is 0 Å². The summed E-state index contributed by atoms with van der Waals surface area (Å²) in [5.41, 5.74) is 26.5. The molecule has 0 N–H and O–H groups in total. The van der Waals surface area contributed by atoms with Crippen molar-refractivity contribution in [3.05, 3.63) is 168 Å². The first-order valence-electron chi connectivity index (χ1n) is 25.0. The standard InChI is InChI=1S/C62H60B2N4Se/c1-59(2,3)37-31-38(60(4,5)6)34-41(33-37)65-45-23-15-13-21-43(45)63-53-49(65)27-19-29-51(53)67-47-25-17-18-26-48(47)68-52-30-20-28-50-54(52)64(58-56(68)55(67)57(63)69-58)44-22-14-16-24-46(44)66(50)42-35-39(61(7,8)9)32-40(36-42)62(10,11)12/h13-36H,1-12H3. The number of rotatable bonds is 2. The van der Waals surface area contributed by atoms with E-state index in [1.807, 2.05) is 0 Å². The third kappa shape index (κ3) is 6.09. The van der Waals surface area contributed by atoms with Gasteiger partial charge in [-0.3, -0.25) is 0 Å². The molecule has 69 heavy (non-hydrogen) atoms. The van der Waals surface area contributed by atoms with Gasteiger partial charge >= 0.3 is 419 Å². The van der Waals surface area contributed by atoms with Gasteiger partial charge in [-0.1, -0.05) is 0 Å². The van der Waals surface area contributed by atoms with Crippen molar-refractivity contribution in [3.8, 4) is 0 Å². The van der Waals surface area contributed by atoms with Crippen LogP contribution in [0, 0.1) is 0 Å². The molecule has 0 radical (unpaired) electrons. The van der Waals surface area contributed by atoms with Gasteiger partial charge in [0.2, 0.25) is 0 Å². The Morgan fingerprint density at radius 2 is 0.609 bits per heavy atom. The Hall–Kier alpha value is -6.13. The van der Waals surface area contributed by atoms with Gasteiger partial charge in [0.25, 0.3) is 0 Å². The number of nitrogens with zero attached hydrogens (tertiary/aromatic N) is 4. The minimum absolute atomic E-state index is 0.0117. The number of hydrogen-bond donors (Lipinski definition) is 0. The van der Waals surface area contributed by atoms with Crippen molar-refractivity contribution in [2.24, 2.45) is 0 Å². The average molecular weight is 962 g/mol. The molecule has 0 saturated heterocycles. The number of hydrogen-bond acceptors (Lipinski definition) is 4. The Bertz CT molecular complexity index is 3210. The summed E-state index contributed by atoms with van der Waals surface area (Å²) in [6.45, 7) is 28.4. The maximum absolute atomic E-state index is 2.68. The van der Waals surface area contributed by atoms with Gasteiger partial charge in [-0.05, 0) is 0 Å². The zero-order valence-corrected chi connectivity index (χ0v) is 43.9. The Balaban J connectivity index is 1.08. The number of benzene rings is 7. The van der Waals surface area contributed by atoms with E-state index < -0.39 is 0 Å². The van der Waals surface area contributed by atoms with E-state index in [0.717, 1.165) is 0 Å². The van der Waals surface area contributed by atoms with E-state index in [1.165, 1.54) is 112 Å². The number of para-hydroxylation sites is 4. The van der Waals surface area contributed by atoms with Crippen molar-refractivity contribution < 1.29 is 0 Å². The van der Waals surface area contributed by atoms with Crippen LogP contribution in [-0.2, 0) is 21.7 Å². The van der Waals surface area contributed by atoms with E-state index in [2.05, 4.69) is 248 Å². The summed E-state index contributed by atoms with van der Waals surface area (Å²) < 4.78 is 3.14. The van der Waals surface area contributed by atoms with Crippen LogP contribution in [-0.4, -0.2) is 27.9 Å². The van der Waals surface area contributed by atoms with Crippen molar-refractivity contribution in [2.75, 3.05) is 19.6 Å². The SMILES string of the molecule is CC(C)(C)c1cc(N2c3ccccc3B3c4[se]c5c6c4N(c4ccccc4N6c4cccc6c4B5c4ccccc4N6c4cc(C(C)(C)C)cc(C(C)(C)C)c4)c4cccc2c43)cc(C(C)(C)C)c1. The molecule has 7 heteroatoms. The third-order valence-corrected chi connectivity index (χ3v) is 18.4. The fraction of sp³-hybridized carbons (Fsp3) is 0.258. The van der Waals surface area contributed by atoms with E-state index in [0.29, 0.717) is 0 Å². The van der Waals surface area contributed by atoms with Gasteiger partial charge in [-0.25, -0.2) is 0 Å². The fourth-order valence-electron chi connectivity index (χ4n) is 12.1. The van der Waals surface area contributed by atoms with Gasteiger partial charge < -0.3 is 0 Å². The molecular formula is C62H60B2N4Se. The predicted molar refractivity (Wildman–Crippen MR) is 300 cm³/mol. The van der Waals surface area contributed by atoms with Crippen molar-refractivity contribution in [1.82, 2.24) is 0 Å². The molecule has 0 saturated carbocycles. The summed E-state index contributed by atoms with van der Waals surface area (Å²) in [4.78, 5) is 10.6. The Labute approximate surface area is 416 Å². The summed E-state index contributed by atoms with van der Waals surface area (Å²) in [7, 11) is 0. The van der Waals surface area contributed by atoms with Crippen LogP contribution in [0.25, 0.3) is 0 Å². The molecule has 340 valence electrons. The molecule has 5 aliphatic rings. The fourth-order valence-corrected chi connectivity index (χ4v) is 15.3. The van der Waals surface area contributed by atoms with E-state index in [-0.39, 0.29) is 49.6 Å². The zero-order valence-electron chi connectivity index (χ0n) is 42.2. The van der Waals surface area contributed by atoms with Crippen molar-refractivity contribution >= 4 is 127 Å². The average Bonchev–Trinajstić information content (AvgIpc) is 3.70. The van der Waals surface area contributed by atoms with Crippen LogP contribution in [0.1, 0.15) is 105 Å². The predicted octanol–water partition coefficient (Wildman–Crippen LogP) is 12.4. The summed E-state index contributed by atoms with van der Waals surface area (Å²) in [6, 6.07) is 56.9. The monoisotopic (exact) mass is 962 g/mol. The van der Waals surface area contributed by atoms with Crippen molar-refractivity contribution in [3.63, 3.8) is 0 Å². The van der Waals surface area contributed by atoms with Crippen LogP contribution in [0.15, 0.2) is 146 Å². The normalized spacial score (nSPS) is 15.1. The maximum atomic E-state index is 2.68. The summed E-state index contributed by atoms with van der Waals surface area (Å²) in [5.74, 6) is 0. The molecule has 0 bridgehead atoms. The molecule has 8 aromatic rings. The molecule has 13 rings (SSSR count). The number of fused-ring (bicyclic) bond motifs is 11. The molecule has 0 unspecified atom stereocenters. The first-order chi connectivity index (χ1) is 32.8. The van der Waals surface area contributed by atoms with E-state index >= 15 is 0 Å². The van der Waals surface area contributed by atoms with Crippen LogP contribution in [0.5, 0.6) is 0 Å². The minimum atomic E-state index is -0.0117. The van der Waals surface area contributed by atoms with Crippen molar-refractivity contribution in [2.45, 2.75) is 105 Å². The second-order valence-corrected chi connectivity index (χ2v) is 26.6. The molecular weight excluding hydrogens is 901 g/mol.